The van der Waals surface area contributed by atoms with Crippen LogP contribution >= 0.6 is 0 Å². The van der Waals surface area contributed by atoms with Crippen LogP contribution in [-0.2, 0) is 15.4 Å². The van der Waals surface area contributed by atoms with Crippen molar-refractivity contribution in [2.75, 3.05) is 11.5 Å². The third-order valence-electron chi connectivity index (χ3n) is 2.27. The van der Waals surface area contributed by atoms with E-state index >= 15 is 0 Å². The Morgan fingerprint density at radius 3 is 2.47 bits per heavy atom. The quantitative estimate of drug-likeness (QED) is 0.755. The van der Waals surface area contributed by atoms with Crippen molar-refractivity contribution >= 4 is 9.84 Å². The van der Waals surface area contributed by atoms with Gasteiger partial charge in [0, 0.05) is 0 Å². The van der Waals surface area contributed by atoms with Gasteiger partial charge in [0.15, 0.2) is 15.7 Å². The monoisotopic (exact) mass is 231 g/mol. The molecule has 1 aromatic rings. The second-order valence-electron chi connectivity index (χ2n) is 4.45. The van der Waals surface area contributed by atoms with Gasteiger partial charge in [-0.2, -0.15) is 4.98 Å². The van der Waals surface area contributed by atoms with Crippen molar-refractivity contribution in [2.45, 2.75) is 25.3 Å². The van der Waals surface area contributed by atoms with Gasteiger partial charge in [0.1, 0.15) is 0 Å². The number of hydrogen-bond acceptors (Lipinski definition) is 6. The van der Waals surface area contributed by atoms with Crippen molar-refractivity contribution in [3.05, 3.63) is 11.7 Å². The Kier molecular flexibility index (Phi) is 2.13. The molecular formula is C8H13N3O3S. The second-order valence-corrected chi connectivity index (χ2v) is 6.61. The van der Waals surface area contributed by atoms with Gasteiger partial charge in [-0.1, -0.05) is 5.16 Å². The van der Waals surface area contributed by atoms with Crippen LogP contribution in [0.5, 0.6) is 0 Å². The third kappa shape index (κ3) is 2.03. The van der Waals surface area contributed by atoms with Gasteiger partial charge >= 0.3 is 0 Å². The molecule has 0 aliphatic carbocycles. The lowest BCUT2D eigenvalue weighted by Gasteiger charge is -2.22. The third-order valence-corrected chi connectivity index (χ3v) is 4.09. The number of rotatable bonds is 2. The number of nitrogens with zero attached hydrogens (tertiary/aromatic N) is 2. The van der Waals surface area contributed by atoms with E-state index in [2.05, 4.69) is 10.1 Å². The second kappa shape index (κ2) is 3.02. The van der Waals surface area contributed by atoms with Crippen LogP contribution in [0.1, 0.15) is 31.5 Å². The fourth-order valence-electron chi connectivity index (χ4n) is 1.38. The molecule has 84 valence electrons. The molecule has 0 unspecified atom stereocenters. The molecule has 0 atom stereocenters. The summed E-state index contributed by atoms with van der Waals surface area (Å²) >= 11 is 0. The summed E-state index contributed by atoms with van der Waals surface area (Å²) in [6.07, 6.45) is 0. The zero-order valence-electron chi connectivity index (χ0n) is 8.60. The highest BCUT2D eigenvalue weighted by Gasteiger charge is 2.38. The molecule has 7 heteroatoms. The highest BCUT2D eigenvalue weighted by atomic mass is 32.2. The summed E-state index contributed by atoms with van der Waals surface area (Å²) < 4.78 is 26.9. The summed E-state index contributed by atoms with van der Waals surface area (Å²) in [6.45, 7) is 3.50. The van der Waals surface area contributed by atoms with E-state index in [1.54, 1.807) is 13.8 Å². The van der Waals surface area contributed by atoms with E-state index in [1.807, 2.05) is 0 Å². The van der Waals surface area contributed by atoms with Crippen molar-refractivity contribution in [2.24, 2.45) is 5.73 Å². The highest BCUT2D eigenvalue weighted by Crippen LogP contribution is 2.28. The zero-order chi connectivity index (χ0) is 11.3. The lowest BCUT2D eigenvalue weighted by Crippen LogP contribution is -2.35. The molecule has 1 aromatic heterocycles. The Labute approximate surface area is 87.8 Å². The normalized spacial score (nSPS) is 21.3. The van der Waals surface area contributed by atoms with Crippen molar-refractivity contribution in [1.82, 2.24) is 10.1 Å². The number of sulfone groups is 1. The summed E-state index contributed by atoms with van der Waals surface area (Å²) in [5.41, 5.74) is 5.08. The summed E-state index contributed by atoms with van der Waals surface area (Å²) in [6, 6.07) is 0. The summed E-state index contributed by atoms with van der Waals surface area (Å²) in [5.74, 6) is 0.864. The molecule has 1 saturated heterocycles. The number of aromatic nitrogens is 2. The van der Waals surface area contributed by atoms with Gasteiger partial charge in [0.05, 0.1) is 23.0 Å². The lowest BCUT2D eigenvalue weighted by atomic mass is 10.1. The average molecular weight is 231 g/mol. The van der Waals surface area contributed by atoms with Crippen LogP contribution in [0.2, 0.25) is 0 Å². The summed E-state index contributed by atoms with van der Waals surface area (Å²) in [7, 11) is -2.86. The van der Waals surface area contributed by atoms with Crippen LogP contribution in [0.25, 0.3) is 0 Å². The van der Waals surface area contributed by atoms with Crippen LogP contribution < -0.4 is 5.73 Å². The Balaban J connectivity index is 2.16. The maximum atomic E-state index is 11.0. The molecule has 0 radical (unpaired) electrons. The fraction of sp³-hybridized carbons (Fsp3) is 0.750. The average Bonchev–Trinajstić information content (AvgIpc) is 2.45. The van der Waals surface area contributed by atoms with Crippen molar-refractivity contribution in [1.29, 1.82) is 0 Å². The molecular weight excluding hydrogens is 218 g/mol. The molecule has 0 aromatic carbocycles. The predicted octanol–water partition coefficient (Wildman–Crippen LogP) is -0.225. The Morgan fingerprint density at radius 1 is 1.47 bits per heavy atom. The van der Waals surface area contributed by atoms with Crippen LogP contribution in [0.15, 0.2) is 4.52 Å². The van der Waals surface area contributed by atoms with Crippen LogP contribution in [0.4, 0.5) is 0 Å². The minimum atomic E-state index is -2.86. The molecule has 2 N–H and O–H groups in total. The van der Waals surface area contributed by atoms with Gasteiger partial charge in [-0.25, -0.2) is 8.42 Å². The van der Waals surface area contributed by atoms with E-state index < -0.39 is 15.4 Å². The van der Waals surface area contributed by atoms with Crippen LogP contribution in [0, 0.1) is 0 Å². The SMILES string of the molecule is CC(C)(N)c1nc(C2CS(=O)(=O)C2)no1. The van der Waals surface area contributed by atoms with Gasteiger partial charge in [0.2, 0.25) is 5.89 Å². The van der Waals surface area contributed by atoms with E-state index in [0.717, 1.165) is 0 Å². The Morgan fingerprint density at radius 2 is 2.07 bits per heavy atom. The highest BCUT2D eigenvalue weighted by molar-refractivity contribution is 7.92. The maximum Gasteiger partial charge on any atom is 0.246 e. The van der Waals surface area contributed by atoms with E-state index in [0.29, 0.717) is 11.7 Å². The first-order valence-corrected chi connectivity index (χ1v) is 6.43. The molecule has 1 aliphatic heterocycles. The van der Waals surface area contributed by atoms with Crippen molar-refractivity contribution in [3.63, 3.8) is 0 Å². The molecule has 1 fully saturated rings. The van der Waals surface area contributed by atoms with Crippen molar-refractivity contribution in [3.8, 4) is 0 Å². The number of hydrogen-bond donors (Lipinski definition) is 1. The first kappa shape index (κ1) is 10.6. The zero-order valence-corrected chi connectivity index (χ0v) is 9.41. The van der Waals surface area contributed by atoms with Crippen LogP contribution in [-0.4, -0.2) is 30.1 Å². The molecule has 0 amide bonds. The first-order chi connectivity index (χ1) is 6.78. The van der Waals surface area contributed by atoms with E-state index in [4.69, 9.17) is 10.3 Å². The Hall–Kier alpha value is -0.950. The van der Waals surface area contributed by atoms with Crippen molar-refractivity contribution < 1.29 is 12.9 Å². The number of nitrogens with two attached hydrogens (primary N) is 1. The first-order valence-electron chi connectivity index (χ1n) is 4.61. The molecule has 0 spiro atoms. The topological polar surface area (TPSA) is 99.1 Å². The van der Waals surface area contributed by atoms with E-state index in [1.165, 1.54) is 0 Å². The minimum Gasteiger partial charge on any atom is -0.337 e. The molecule has 2 heterocycles. The molecule has 6 nitrogen and oxygen atoms in total. The van der Waals surface area contributed by atoms with Gasteiger partial charge in [-0.3, -0.25) is 0 Å². The van der Waals surface area contributed by atoms with Crippen LogP contribution in [0.3, 0.4) is 0 Å². The van der Waals surface area contributed by atoms with Gasteiger partial charge in [0.25, 0.3) is 0 Å². The molecule has 0 saturated carbocycles. The fourth-order valence-corrected chi connectivity index (χ4v) is 2.80. The van der Waals surface area contributed by atoms with E-state index in [-0.39, 0.29) is 17.4 Å². The van der Waals surface area contributed by atoms with Gasteiger partial charge < -0.3 is 10.3 Å². The largest absolute Gasteiger partial charge is 0.337 e. The molecule has 0 bridgehead atoms. The predicted molar refractivity (Wildman–Crippen MR) is 52.9 cm³/mol. The minimum absolute atomic E-state index is 0.108. The lowest BCUT2D eigenvalue weighted by molar-refractivity contribution is 0.309. The van der Waals surface area contributed by atoms with E-state index in [9.17, 15) is 8.42 Å². The summed E-state index contributed by atoms with van der Waals surface area (Å²) in [5, 5.41) is 3.74. The Bertz CT molecular complexity index is 460. The maximum absolute atomic E-state index is 11.0. The standard InChI is InChI=1S/C8H13N3O3S/c1-8(2,9)7-10-6(11-14-7)5-3-15(12,13)4-5/h5H,3-4,9H2,1-2H3. The molecule has 2 rings (SSSR count). The molecule has 15 heavy (non-hydrogen) atoms. The van der Waals surface area contributed by atoms with Gasteiger partial charge in [-0.05, 0) is 13.8 Å². The van der Waals surface area contributed by atoms with Gasteiger partial charge in [-0.15, -0.1) is 0 Å². The molecule has 1 aliphatic rings. The smallest absolute Gasteiger partial charge is 0.246 e. The summed E-state index contributed by atoms with van der Waals surface area (Å²) in [4.78, 5) is 4.10.